The Kier molecular flexibility index (Phi) is 5.35. The Morgan fingerprint density at radius 2 is 1.82 bits per heavy atom. The predicted octanol–water partition coefficient (Wildman–Crippen LogP) is 1.90. The average Bonchev–Trinajstić information content (AvgIpc) is 3.23. The van der Waals surface area contributed by atoms with Crippen LogP contribution < -0.4 is 10.7 Å². The van der Waals surface area contributed by atoms with Gasteiger partial charge in [-0.25, -0.2) is 15.0 Å². The number of nitrogens with two attached hydrogens (primary N) is 1. The molecule has 0 spiro atoms. The highest BCUT2D eigenvalue weighted by Gasteiger charge is 2.46. The first-order valence-corrected chi connectivity index (χ1v) is 11.0. The zero-order valence-electron chi connectivity index (χ0n) is 18.9. The van der Waals surface area contributed by atoms with Gasteiger partial charge in [-0.2, -0.15) is 0 Å². The molecule has 1 fully saturated rings. The zero-order chi connectivity index (χ0) is 23.0. The van der Waals surface area contributed by atoms with Crippen molar-refractivity contribution >= 4 is 29.0 Å². The Labute approximate surface area is 193 Å². The van der Waals surface area contributed by atoms with E-state index in [2.05, 4.69) is 44.1 Å². The number of carbonyl (C=O) groups is 1. The van der Waals surface area contributed by atoms with Gasteiger partial charge < -0.3 is 15.5 Å². The predicted molar refractivity (Wildman–Crippen MR) is 130 cm³/mol. The minimum Gasteiger partial charge on any atom is -0.366 e. The number of nitrogens with zero attached hydrogens (tertiary/aromatic N) is 7. The van der Waals surface area contributed by atoms with Gasteiger partial charge in [-0.3, -0.25) is 14.4 Å². The standard InChI is InChI=1S/C24H28N8O/c1-28-13-15-30(16-14-28)32(19-7-4-3-5-8-19)24(10-12-26-18-29(24)2)31-17-21(22(25)33)20-9-6-11-27-23(20)31/h3-12,17-18H,13-16H2,1-2H3,(H2,25,33). The van der Waals surface area contributed by atoms with Crippen molar-refractivity contribution in [2.24, 2.45) is 10.7 Å². The first kappa shape index (κ1) is 21.2. The zero-order valence-corrected chi connectivity index (χ0v) is 18.9. The molecule has 170 valence electrons. The molecule has 2 aromatic heterocycles. The average molecular weight is 445 g/mol. The van der Waals surface area contributed by atoms with E-state index in [1.807, 2.05) is 59.1 Å². The normalized spacial score (nSPS) is 21.6. The molecule has 0 saturated carbocycles. The molecule has 0 bridgehead atoms. The van der Waals surface area contributed by atoms with Crippen molar-refractivity contribution in [1.82, 2.24) is 24.4 Å². The van der Waals surface area contributed by atoms with Gasteiger partial charge in [0.25, 0.3) is 5.91 Å². The van der Waals surface area contributed by atoms with E-state index in [1.165, 1.54) is 0 Å². The van der Waals surface area contributed by atoms with Gasteiger partial charge in [-0.05, 0) is 31.3 Å². The summed E-state index contributed by atoms with van der Waals surface area (Å²) in [5, 5.41) is 5.36. The van der Waals surface area contributed by atoms with Crippen LogP contribution in [-0.2, 0) is 5.79 Å². The highest BCUT2D eigenvalue weighted by Crippen LogP contribution is 2.38. The van der Waals surface area contributed by atoms with E-state index in [4.69, 9.17) is 5.73 Å². The first-order chi connectivity index (χ1) is 16.0. The number of benzene rings is 1. The largest absolute Gasteiger partial charge is 0.366 e. The summed E-state index contributed by atoms with van der Waals surface area (Å²) in [4.78, 5) is 25.8. The van der Waals surface area contributed by atoms with Gasteiger partial charge in [0.1, 0.15) is 5.65 Å². The number of aromatic nitrogens is 2. The highest BCUT2D eigenvalue weighted by atomic mass is 16.1. The van der Waals surface area contributed by atoms with Gasteiger partial charge >= 0.3 is 0 Å². The number of amides is 1. The third-order valence-electron chi connectivity index (χ3n) is 6.40. The van der Waals surface area contributed by atoms with Crippen LogP contribution in [0.25, 0.3) is 11.0 Å². The number of rotatable bonds is 5. The number of hydrogen-bond acceptors (Lipinski definition) is 7. The van der Waals surface area contributed by atoms with Crippen molar-refractivity contribution in [3.8, 4) is 0 Å². The number of aliphatic imine (C=N–C) groups is 1. The highest BCUT2D eigenvalue weighted by molar-refractivity contribution is 6.05. The summed E-state index contributed by atoms with van der Waals surface area (Å²) in [6.45, 7) is 3.58. The Morgan fingerprint density at radius 3 is 2.52 bits per heavy atom. The van der Waals surface area contributed by atoms with Crippen molar-refractivity contribution in [2.45, 2.75) is 5.79 Å². The van der Waals surface area contributed by atoms with Crippen LogP contribution in [0.2, 0.25) is 0 Å². The molecular weight excluding hydrogens is 416 g/mol. The van der Waals surface area contributed by atoms with Gasteiger partial charge in [0.15, 0.2) is 0 Å². The lowest BCUT2D eigenvalue weighted by molar-refractivity contribution is 0.0442. The summed E-state index contributed by atoms with van der Waals surface area (Å²) < 4.78 is 2.02. The van der Waals surface area contributed by atoms with Crippen molar-refractivity contribution in [1.29, 1.82) is 0 Å². The van der Waals surface area contributed by atoms with Crippen LogP contribution in [0, 0.1) is 0 Å². The molecule has 1 saturated heterocycles. The number of likely N-dealkylation sites (N-methyl/N-ethyl adjacent to an activating group) is 2. The van der Waals surface area contributed by atoms with Crippen LogP contribution in [0.5, 0.6) is 0 Å². The molecule has 3 aromatic rings. The SMILES string of the molecule is CN1CCN(N(c2ccccc2)C2(n3cc(C(N)=O)c4cccnc43)C=CN=CN2C)CC1. The molecule has 1 unspecified atom stereocenters. The van der Waals surface area contributed by atoms with Crippen molar-refractivity contribution in [3.05, 3.63) is 72.7 Å². The number of anilines is 1. The van der Waals surface area contributed by atoms with Crippen LogP contribution in [-0.4, -0.2) is 76.9 Å². The minimum atomic E-state index is -0.876. The van der Waals surface area contributed by atoms with Gasteiger partial charge in [-0.1, -0.05) is 18.2 Å². The molecule has 0 radical (unpaired) electrons. The van der Waals surface area contributed by atoms with Crippen LogP contribution in [0.4, 0.5) is 5.69 Å². The smallest absolute Gasteiger partial charge is 0.250 e. The van der Waals surface area contributed by atoms with E-state index >= 15 is 0 Å². The number of carbonyl (C=O) groups excluding carboxylic acids is 1. The molecule has 5 rings (SSSR count). The Morgan fingerprint density at radius 1 is 1.06 bits per heavy atom. The monoisotopic (exact) mass is 444 g/mol. The minimum absolute atomic E-state index is 0.438. The third kappa shape index (κ3) is 3.46. The van der Waals surface area contributed by atoms with Gasteiger partial charge in [0, 0.05) is 63.3 Å². The molecule has 9 heteroatoms. The maximum Gasteiger partial charge on any atom is 0.250 e. The summed E-state index contributed by atoms with van der Waals surface area (Å²) in [5.74, 6) is -1.36. The maximum atomic E-state index is 12.4. The number of piperazine rings is 1. The summed E-state index contributed by atoms with van der Waals surface area (Å²) >= 11 is 0. The van der Waals surface area contributed by atoms with Gasteiger partial charge in [-0.15, -0.1) is 0 Å². The van der Waals surface area contributed by atoms with Crippen LogP contribution in [0.15, 0.2) is 72.1 Å². The van der Waals surface area contributed by atoms with Crippen molar-refractivity contribution in [2.75, 3.05) is 45.3 Å². The molecule has 33 heavy (non-hydrogen) atoms. The van der Waals surface area contributed by atoms with Gasteiger partial charge in [0.05, 0.1) is 17.6 Å². The molecule has 9 nitrogen and oxygen atoms in total. The number of fused-ring (bicyclic) bond motifs is 1. The number of pyridine rings is 1. The van der Waals surface area contributed by atoms with E-state index in [9.17, 15) is 4.79 Å². The number of hydrazine groups is 1. The topological polar surface area (TPSA) is 86.2 Å². The fraction of sp³-hybridized carbons (Fsp3) is 0.292. The summed E-state index contributed by atoms with van der Waals surface area (Å²) in [5.41, 5.74) is 7.91. The summed E-state index contributed by atoms with van der Waals surface area (Å²) in [7, 11) is 4.12. The molecule has 2 aliphatic heterocycles. The molecule has 2 N–H and O–H groups in total. The molecule has 2 aliphatic rings. The molecular formula is C24H28N8O. The third-order valence-corrected chi connectivity index (χ3v) is 6.40. The van der Waals surface area contributed by atoms with Crippen molar-refractivity contribution < 1.29 is 4.79 Å². The quantitative estimate of drug-likeness (QED) is 0.647. The molecule has 1 amide bonds. The molecule has 4 heterocycles. The second kappa shape index (κ2) is 8.34. The lowest BCUT2D eigenvalue weighted by Crippen LogP contribution is -2.67. The lowest BCUT2D eigenvalue weighted by atomic mass is 10.2. The lowest BCUT2D eigenvalue weighted by Gasteiger charge is -2.54. The van der Waals surface area contributed by atoms with E-state index in [-0.39, 0.29) is 0 Å². The number of hydrogen-bond donors (Lipinski definition) is 1. The Bertz CT molecular complexity index is 1210. The van der Waals surface area contributed by atoms with Gasteiger partial charge in [0.2, 0.25) is 5.79 Å². The number of primary amides is 1. The molecule has 0 aliphatic carbocycles. The second-order valence-corrected chi connectivity index (χ2v) is 8.43. The van der Waals surface area contributed by atoms with Crippen molar-refractivity contribution in [3.63, 3.8) is 0 Å². The molecule has 1 aromatic carbocycles. The maximum absolute atomic E-state index is 12.4. The second-order valence-electron chi connectivity index (χ2n) is 8.43. The number of para-hydroxylation sites is 1. The van der Waals surface area contributed by atoms with E-state index in [0.717, 1.165) is 37.3 Å². The van der Waals surface area contributed by atoms with E-state index in [1.54, 1.807) is 18.7 Å². The summed E-state index contributed by atoms with van der Waals surface area (Å²) in [6, 6.07) is 14.0. The van der Waals surface area contributed by atoms with Crippen LogP contribution in [0.1, 0.15) is 10.4 Å². The van der Waals surface area contributed by atoms with E-state index in [0.29, 0.717) is 11.2 Å². The van der Waals surface area contributed by atoms with Crippen LogP contribution >= 0.6 is 0 Å². The molecule has 1 atom stereocenters. The van der Waals surface area contributed by atoms with E-state index < -0.39 is 11.7 Å². The van der Waals surface area contributed by atoms with Crippen LogP contribution in [0.3, 0.4) is 0 Å². The fourth-order valence-electron chi connectivity index (χ4n) is 4.69. The summed E-state index contributed by atoms with van der Waals surface area (Å²) in [6.07, 6.45) is 9.18. The Hall–Kier alpha value is -3.69. The fourth-order valence-corrected chi connectivity index (χ4v) is 4.69. The Balaban J connectivity index is 1.79. The first-order valence-electron chi connectivity index (χ1n) is 11.0.